The highest BCUT2D eigenvalue weighted by Gasteiger charge is 2.38. The van der Waals surface area contributed by atoms with Crippen molar-refractivity contribution in [1.82, 2.24) is 9.55 Å². The van der Waals surface area contributed by atoms with Gasteiger partial charge in [0.2, 0.25) is 0 Å². The molecule has 0 spiro atoms. The monoisotopic (exact) mass is 310 g/mol. The lowest BCUT2D eigenvalue weighted by Gasteiger charge is -2.35. The second-order valence-corrected chi connectivity index (χ2v) is 5.77. The van der Waals surface area contributed by atoms with Gasteiger partial charge in [0, 0.05) is 0 Å². The van der Waals surface area contributed by atoms with Gasteiger partial charge in [-0.1, -0.05) is 36.3 Å². The van der Waals surface area contributed by atoms with Gasteiger partial charge >= 0.3 is 5.97 Å². The summed E-state index contributed by atoms with van der Waals surface area (Å²) >= 11 is 0. The van der Waals surface area contributed by atoms with Crippen molar-refractivity contribution in [2.75, 3.05) is 19.8 Å². The van der Waals surface area contributed by atoms with Gasteiger partial charge in [-0.2, -0.15) is 0 Å². The fourth-order valence-electron chi connectivity index (χ4n) is 2.50. The Hall–Kier alpha value is -2.58. The summed E-state index contributed by atoms with van der Waals surface area (Å²) in [6.07, 6.45) is 8.64. The Morgan fingerprint density at radius 3 is 2.83 bits per heavy atom. The number of hydrogen-bond donors (Lipinski definition) is 0. The number of carbonyl (C=O) groups excluding carboxylic acids is 1. The topological polar surface area (TPSA) is 53.3 Å². The molecule has 0 saturated carbocycles. The van der Waals surface area contributed by atoms with E-state index in [-0.39, 0.29) is 12.6 Å². The molecule has 2 aromatic rings. The van der Waals surface area contributed by atoms with Crippen molar-refractivity contribution in [2.45, 2.75) is 13.0 Å². The van der Waals surface area contributed by atoms with E-state index in [9.17, 15) is 4.79 Å². The molecule has 0 amide bonds. The van der Waals surface area contributed by atoms with Crippen LogP contribution in [0.3, 0.4) is 0 Å². The molecule has 23 heavy (non-hydrogen) atoms. The van der Waals surface area contributed by atoms with Crippen LogP contribution in [0.25, 0.3) is 0 Å². The number of benzene rings is 1. The van der Waals surface area contributed by atoms with Gasteiger partial charge in [0.15, 0.2) is 0 Å². The molecule has 3 rings (SSSR count). The van der Waals surface area contributed by atoms with Crippen LogP contribution in [0.2, 0.25) is 0 Å². The minimum atomic E-state index is -0.481. The Bertz CT molecular complexity index is 726. The highest BCUT2D eigenvalue weighted by atomic mass is 16.5. The first-order valence-electron chi connectivity index (χ1n) is 7.45. The first-order valence-corrected chi connectivity index (χ1v) is 7.45. The largest absolute Gasteiger partial charge is 0.459 e. The number of carbonyl (C=O) groups is 1. The second-order valence-electron chi connectivity index (χ2n) is 5.77. The lowest BCUT2D eigenvalue weighted by Crippen LogP contribution is -2.45. The van der Waals surface area contributed by atoms with Crippen LogP contribution in [0.5, 0.6) is 0 Å². The van der Waals surface area contributed by atoms with Gasteiger partial charge in [-0.3, -0.25) is 0 Å². The number of nitrogens with zero attached hydrogens (tertiary/aromatic N) is 2. The third kappa shape index (κ3) is 2.99. The summed E-state index contributed by atoms with van der Waals surface area (Å²) in [5.74, 6) is 2.23. The van der Waals surface area contributed by atoms with Crippen LogP contribution >= 0.6 is 0 Å². The van der Waals surface area contributed by atoms with Crippen LogP contribution in [0, 0.1) is 17.8 Å². The molecule has 1 fully saturated rings. The molecule has 0 N–H and O–H groups in total. The lowest BCUT2D eigenvalue weighted by molar-refractivity contribution is -0.103. The highest BCUT2D eigenvalue weighted by molar-refractivity contribution is 5.87. The van der Waals surface area contributed by atoms with E-state index < -0.39 is 11.4 Å². The smallest absolute Gasteiger partial charge is 0.356 e. The average molecular weight is 310 g/mol. The SMILES string of the molecule is C#CC1(COC(=O)c2cncn2C(C)c2ccccc2)COC1. The Kier molecular flexibility index (Phi) is 4.18. The summed E-state index contributed by atoms with van der Waals surface area (Å²) < 4.78 is 12.3. The molecule has 5 heteroatoms. The van der Waals surface area contributed by atoms with Crippen LogP contribution in [0.1, 0.15) is 29.0 Å². The fourth-order valence-corrected chi connectivity index (χ4v) is 2.50. The first kappa shape index (κ1) is 15.3. The van der Waals surface area contributed by atoms with Crippen LogP contribution < -0.4 is 0 Å². The molecule has 2 heterocycles. The van der Waals surface area contributed by atoms with E-state index in [1.807, 2.05) is 37.3 Å². The van der Waals surface area contributed by atoms with E-state index >= 15 is 0 Å². The standard InChI is InChI=1S/C18H18N2O3/c1-3-18(10-22-11-18)12-23-17(21)16-9-19-13-20(16)14(2)15-7-5-4-6-8-15/h1,4-9,13-14H,10-12H2,2H3. The molecular formula is C18H18N2O3. The van der Waals surface area contributed by atoms with Gasteiger partial charge < -0.3 is 14.0 Å². The molecule has 1 aliphatic rings. The van der Waals surface area contributed by atoms with Crippen molar-refractivity contribution in [3.63, 3.8) is 0 Å². The Labute approximate surface area is 135 Å². The molecule has 0 bridgehead atoms. The number of aromatic nitrogens is 2. The fraction of sp³-hybridized carbons (Fsp3) is 0.333. The van der Waals surface area contributed by atoms with Crippen molar-refractivity contribution < 1.29 is 14.3 Å². The third-order valence-electron chi connectivity index (χ3n) is 4.12. The van der Waals surface area contributed by atoms with Gasteiger partial charge in [0.25, 0.3) is 0 Å². The summed E-state index contributed by atoms with van der Waals surface area (Å²) in [4.78, 5) is 16.5. The molecular weight excluding hydrogens is 292 g/mol. The zero-order valence-corrected chi connectivity index (χ0v) is 12.9. The Morgan fingerprint density at radius 1 is 1.48 bits per heavy atom. The first-order chi connectivity index (χ1) is 11.2. The molecule has 1 unspecified atom stereocenters. The lowest BCUT2D eigenvalue weighted by atomic mass is 9.88. The maximum absolute atomic E-state index is 12.4. The summed E-state index contributed by atoms with van der Waals surface area (Å²) in [5, 5.41) is 0. The summed E-state index contributed by atoms with van der Waals surface area (Å²) in [6, 6.07) is 9.90. The van der Waals surface area contributed by atoms with E-state index in [0.29, 0.717) is 18.9 Å². The van der Waals surface area contributed by atoms with Crippen molar-refractivity contribution in [1.29, 1.82) is 0 Å². The predicted octanol–water partition coefficient (Wildman–Crippen LogP) is 2.30. The molecule has 1 aromatic heterocycles. The van der Waals surface area contributed by atoms with Gasteiger partial charge in [-0.05, 0) is 12.5 Å². The number of imidazole rings is 1. The summed E-state index contributed by atoms with van der Waals surface area (Å²) in [5.41, 5.74) is 1.02. The number of ether oxygens (including phenoxy) is 2. The minimum absolute atomic E-state index is 0.0186. The van der Waals surface area contributed by atoms with Crippen LogP contribution in [0.4, 0.5) is 0 Å². The maximum Gasteiger partial charge on any atom is 0.356 e. The predicted molar refractivity (Wildman–Crippen MR) is 84.8 cm³/mol. The number of rotatable bonds is 5. The van der Waals surface area contributed by atoms with Gasteiger partial charge in [-0.15, -0.1) is 6.42 Å². The average Bonchev–Trinajstić information content (AvgIpc) is 3.04. The number of terminal acetylenes is 1. The molecule has 0 aliphatic carbocycles. The van der Waals surface area contributed by atoms with E-state index in [1.165, 1.54) is 6.20 Å². The maximum atomic E-state index is 12.4. The summed E-state index contributed by atoms with van der Waals surface area (Å²) in [7, 11) is 0. The molecule has 118 valence electrons. The van der Waals surface area contributed by atoms with Crippen LogP contribution in [-0.4, -0.2) is 35.3 Å². The van der Waals surface area contributed by atoms with Crippen molar-refractivity contribution in [2.24, 2.45) is 5.41 Å². The van der Waals surface area contributed by atoms with Gasteiger partial charge in [-0.25, -0.2) is 9.78 Å². The van der Waals surface area contributed by atoms with E-state index in [0.717, 1.165) is 5.56 Å². The van der Waals surface area contributed by atoms with Crippen molar-refractivity contribution >= 4 is 5.97 Å². The zero-order valence-electron chi connectivity index (χ0n) is 12.9. The number of hydrogen-bond acceptors (Lipinski definition) is 4. The molecule has 1 aliphatic heterocycles. The van der Waals surface area contributed by atoms with E-state index in [4.69, 9.17) is 15.9 Å². The van der Waals surface area contributed by atoms with Gasteiger partial charge in [0.1, 0.15) is 17.7 Å². The second kappa shape index (κ2) is 6.27. The van der Waals surface area contributed by atoms with Gasteiger partial charge in [0.05, 0.1) is 31.8 Å². The van der Waals surface area contributed by atoms with Crippen molar-refractivity contribution in [3.8, 4) is 12.3 Å². The van der Waals surface area contributed by atoms with Crippen LogP contribution in [0.15, 0.2) is 42.9 Å². The summed E-state index contributed by atoms with van der Waals surface area (Å²) in [6.45, 7) is 3.02. The molecule has 1 saturated heterocycles. The molecule has 5 nitrogen and oxygen atoms in total. The molecule has 1 atom stereocenters. The van der Waals surface area contributed by atoms with E-state index in [1.54, 1.807) is 10.9 Å². The van der Waals surface area contributed by atoms with E-state index in [2.05, 4.69) is 10.9 Å². The third-order valence-corrected chi connectivity index (χ3v) is 4.12. The normalized spacial score (nSPS) is 16.9. The van der Waals surface area contributed by atoms with Crippen molar-refractivity contribution in [3.05, 3.63) is 54.1 Å². The highest BCUT2D eigenvalue weighted by Crippen LogP contribution is 2.27. The Morgan fingerprint density at radius 2 is 2.22 bits per heavy atom. The zero-order chi connectivity index (χ0) is 16.3. The molecule has 1 aromatic carbocycles. The Balaban J connectivity index is 1.73. The molecule has 0 radical (unpaired) electrons. The van der Waals surface area contributed by atoms with Crippen LogP contribution in [-0.2, 0) is 9.47 Å². The minimum Gasteiger partial charge on any atom is -0.459 e. The quantitative estimate of drug-likeness (QED) is 0.628. The number of esters is 1.